The molecule has 1 aromatic carbocycles. The van der Waals surface area contributed by atoms with E-state index in [-0.39, 0.29) is 32.0 Å². The van der Waals surface area contributed by atoms with Gasteiger partial charge in [-0.15, -0.1) is 0 Å². The highest BCUT2D eigenvalue weighted by atomic mass is 19.4. The van der Waals surface area contributed by atoms with Crippen molar-refractivity contribution in [1.82, 2.24) is 10.2 Å². The van der Waals surface area contributed by atoms with Gasteiger partial charge >= 0.3 is 12.2 Å². The van der Waals surface area contributed by atoms with Crippen molar-refractivity contribution in [2.75, 3.05) is 19.6 Å². The molecule has 24 heavy (non-hydrogen) atoms. The van der Waals surface area contributed by atoms with Crippen LogP contribution >= 0.6 is 0 Å². The Labute approximate surface area is 139 Å². The van der Waals surface area contributed by atoms with Crippen LogP contribution in [0.1, 0.15) is 24.0 Å². The number of alkyl halides is 3. The lowest BCUT2D eigenvalue weighted by Crippen LogP contribution is -2.48. The van der Waals surface area contributed by atoms with E-state index >= 15 is 0 Å². The zero-order valence-electron chi connectivity index (χ0n) is 13.6. The van der Waals surface area contributed by atoms with Gasteiger partial charge in [0, 0.05) is 19.6 Å². The third-order valence-electron chi connectivity index (χ3n) is 4.38. The van der Waals surface area contributed by atoms with Gasteiger partial charge in [0.2, 0.25) is 0 Å². The Bertz CT molecular complexity index is 555. The van der Waals surface area contributed by atoms with Gasteiger partial charge in [-0.3, -0.25) is 0 Å². The fourth-order valence-electron chi connectivity index (χ4n) is 2.98. The Balaban J connectivity index is 1.73. The molecule has 1 heterocycles. The van der Waals surface area contributed by atoms with Crippen molar-refractivity contribution in [1.29, 1.82) is 0 Å². The predicted octanol–water partition coefficient (Wildman–Crippen LogP) is 2.88. The molecular formula is C17H23F3N2O2. The van der Waals surface area contributed by atoms with E-state index in [9.17, 15) is 23.1 Å². The topological polar surface area (TPSA) is 52.6 Å². The number of urea groups is 1. The summed E-state index contributed by atoms with van der Waals surface area (Å²) in [6, 6.07) is 7.74. The minimum atomic E-state index is -4.59. The van der Waals surface area contributed by atoms with Crippen LogP contribution < -0.4 is 5.32 Å². The molecule has 0 bridgehead atoms. The first kappa shape index (κ1) is 18.6. The first-order valence-corrected chi connectivity index (χ1v) is 8.10. The molecule has 1 aromatic rings. The van der Waals surface area contributed by atoms with Gasteiger partial charge in [-0.05, 0) is 37.7 Å². The van der Waals surface area contributed by atoms with Crippen LogP contribution in [0.3, 0.4) is 0 Å². The van der Waals surface area contributed by atoms with E-state index in [0.29, 0.717) is 13.0 Å². The average molecular weight is 344 g/mol. The van der Waals surface area contributed by atoms with Gasteiger partial charge in [-0.1, -0.05) is 29.8 Å². The molecule has 1 saturated heterocycles. The maximum atomic E-state index is 12.5. The molecule has 1 aliphatic heterocycles. The first-order valence-electron chi connectivity index (χ1n) is 8.10. The summed E-state index contributed by atoms with van der Waals surface area (Å²) in [5.41, 5.74) is 2.28. The maximum Gasteiger partial charge on any atom is 0.414 e. The summed E-state index contributed by atoms with van der Waals surface area (Å²) in [5, 5.41) is 12.1. The number of hydrogen-bond acceptors (Lipinski definition) is 2. The van der Waals surface area contributed by atoms with E-state index in [1.165, 1.54) is 4.90 Å². The molecule has 1 fully saturated rings. The van der Waals surface area contributed by atoms with E-state index in [4.69, 9.17) is 0 Å². The number of nitrogens with one attached hydrogen (secondary N) is 1. The van der Waals surface area contributed by atoms with Gasteiger partial charge in [-0.25, -0.2) is 4.79 Å². The number of rotatable bonds is 4. The van der Waals surface area contributed by atoms with Crippen LogP contribution in [0.15, 0.2) is 24.3 Å². The quantitative estimate of drug-likeness (QED) is 0.882. The number of halogens is 3. The number of piperidine rings is 1. The second-order valence-corrected chi connectivity index (χ2v) is 6.28. The Morgan fingerprint density at radius 3 is 2.62 bits per heavy atom. The SMILES string of the molecule is Cc1cccc(CCNC(=O)N2CCC([C@@H](O)C(F)(F)F)CC2)c1. The normalized spacial score (nSPS) is 17.6. The molecule has 0 radical (unpaired) electrons. The number of amides is 2. The minimum Gasteiger partial charge on any atom is -0.383 e. The van der Waals surface area contributed by atoms with E-state index in [0.717, 1.165) is 11.1 Å². The predicted molar refractivity (Wildman–Crippen MR) is 84.6 cm³/mol. The third-order valence-corrected chi connectivity index (χ3v) is 4.38. The van der Waals surface area contributed by atoms with Crippen molar-refractivity contribution in [2.45, 2.75) is 38.5 Å². The molecule has 1 aliphatic rings. The number of hydrogen-bond donors (Lipinski definition) is 2. The molecule has 0 saturated carbocycles. The number of nitrogens with zero attached hydrogens (tertiary/aromatic N) is 1. The maximum absolute atomic E-state index is 12.5. The third kappa shape index (κ3) is 5.12. The van der Waals surface area contributed by atoms with E-state index in [1.54, 1.807) is 0 Å². The monoisotopic (exact) mass is 344 g/mol. The van der Waals surface area contributed by atoms with E-state index < -0.39 is 18.2 Å². The molecule has 0 aromatic heterocycles. The summed E-state index contributed by atoms with van der Waals surface area (Å²) in [6.45, 7) is 2.94. The Hall–Kier alpha value is -1.76. The Morgan fingerprint density at radius 1 is 1.38 bits per heavy atom. The van der Waals surface area contributed by atoms with Crippen LogP contribution in [0.5, 0.6) is 0 Å². The zero-order valence-corrected chi connectivity index (χ0v) is 13.6. The Kier molecular flexibility index (Phi) is 6.10. The van der Waals surface area contributed by atoms with Gasteiger partial charge in [0.15, 0.2) is 6.10 Å². The van der Waals surface area contributed by atoms with Gasteiger partial charge < -0.3 is 15.3 Å². The molecule has 1 atom stereocenters. The summed E-state index contributed by atoms with van der Waals surface area (Å²) in [6.07, 6.45) is -5.87. The molecule has 0 spiro atoms. The molecule has 0 aliphatic carbocycles. The number of aliphatic hydroxyl groups excluding tert-OH is 1. The average Bonchev–Trinajstić information content (AvgIpc) is 2.53. The van der Waals surface area contributed by atoms with Crippen molar-refractivity contribution >= 4 is 6.03 Å². The highest BCUT2D eigenvalue weighted by molar-refractivity contribution is 5.74. The second-order valence-electron chi connectivity index (χ2n) is 6.28. The fourth-order valence-corrected chi connectivity index (χ4v) is 2.98. The lowest BCUT2D eigenvalue weighted by atomic mass is 9.91. The zero-order chi connectivity index (χ0) is 17.7. The standard InChI is InChI=1S/C17H23F3N2O2/c1-12-3-2-4-13(11-12)5-8-21-16(24)22-9-6-14(7-10-22)15(23)17(18,19)20/h2-4,11,14-15,23H,5-10H2,1H3,(H,21,24)/t15-/m1/s1. The molecule has 0 unspecified atom stereocenters. The summed E-state index contributed by atoms with van der Waals surface area (Å²) in [7, 11) is 0. The van der Waals surface area contributed by atoms with Crippen LogP contribution in [0.2, 0.25) is 0 Å². The summed E-state index contributed by atoms with van der Waals surface area (Å²) < 4.78 is 37.5. The summed E-state index contributed by atoms with van der Waals surface area (Å²) in [5.74, 6) is -0.832. The number of carbonyl (C=O) groups excluding carboxylic acids is 1. The molecule has 134 valence electrons. The van der Waals surface area contributed by atoms with Gasteiger partial charge in [-0.2, -0.15) is 13.2 Å². The lowest BCUT2D eigenvalue weighted by Gasteiger charge is -2.34. The van der Waals surface area contributed by atoms with Crippen LogP contribution in [0, 0.1) is 12.8 Å². The lowest BCUT2D eigenvalue weighted by molar-refractivity contribution is -0.222. The highest BCUT2D eigenvalue weighted by Crippen LogP contribution is 2.31. The second kappa shape index (κ2) is 7.88. The van der Waals surface area contributed by atoms with Crippen LogP contribution in [-0.4, -0.2) is 48.0 Å². The number of aryl methyl sites for hydroxylation is 1. The smallest absolute Gasteiger partial charge is 0.383 e. The molecule has 2 rings (SSSR count). The highest BCUT2D eigenvalue weighted by Gasteiger charge is 2.44. The number of likely N-dealkylation sites (tertiary alicyclic amines) is 1. The molecule has 2 amide bonds. The fraction of sp³-hybridized carbons (Fsp3) is 0.588. The largest absolute Gasteiger partial charge is 0.414 e. The van der Waals surface area contributed by atoms with Crippen molar-refractivity contribution in [3.63, 3.8) is 0 Å². The molecule has 4 nitrogen and oxygen atoms in total. The minimum absolute atomic E-state index is 0.159. The van der Waals surface area contributed by atoms with Crippen LogP contribution in [0.4, 0.5) is 18.0 Å². The van der Waals surface area contributed by atoms with Crippen molar-refractivity contribution in [3.8, 4) is 0 Å². The van der Waals surface area contributed by atoms with Gasteiger partial charge in [0.25, 0.3) is 0 Å². The molecular weight excluding hydrogens is 321 g/mol. The van der Waals surface area contributed by atoms with Gasteiger partial charge in [0.05, 0.1) is 0 Å². The van der Waals surface area contributed by atoms with Crippen molar-refractivity contribution < 1.29 is 23.1 Å². The summed E-state index contributed by atoms with van der Waals surface area (Å²) in [4.78, 5) is 13.6. The van der Waals surface area contributed by atoms with Crippen molar-refractivity contribution in [3.05, 3.63) is 35.4 Å². The summed E-state index contributed by atoms with van der Waals surface area (Å²) >= 11 is 0. The van der Waals surface area contributed by atoms with Crippen molar-refractivity contribution in [2.24, 2.45) is 5.92 Å². The number of benzene rings is 1. The van der Waals surface area contributed by atoms with Gasteiger partial charge in [0.1, 0.15) is 0 Å². The molecule has 7 heteroatoms. The number of carbonyl (C=O) groups is 1. The molecule has 2 N–H and O–H groups in total. The Morgan fingerprint density at radius 2 is 2.04 bits per heavy atom. The van der Waals surface area contributed by atoms with E-state index in [2.05, 4.69) is 11.4 Å². The van der Waals surface area contributed by atoms with E-state index in [1.807, 2.05) is 25.1 Å². The number of aliphatic hydroxyl groups is 1. The first-order chi connectivity index (χ1) is 11.3. The van der Waals surface area contributed by atoms with Crippen LogP contribution in [0.25, 0.3) is 0 Å². The van der Waals surface area contributed by atoms with Crippen LogP contribution in [-0.2, 0) is 6.42 Å².